The van der Waals surface area contributed by atoms with Crippen molar-refractivity contribution in [2.75, 3.05) is 9.80 Å². The van der Waals surface area contributed by atoms with Crippen LogP contribution in [0.4, 0.5) is 29.1 Å². The van der Waals surface area contributed by atoms with Crippen molar-refractivity contribution in [3.8, 4) is 6.07 Å². The number of ketones is 1. The summed E-state index contributed by atoms with van der Waals surface area (Å²) in [5, 5.41) is 19.9. The Morgan fingerprint density at radius 2 is 1.82 bits per heavy atom. The van der Waals surface area contributed by atoms with Gasteiger partial charge in [-0.2, -0.15) is 5.26 Å². The van der Waals surface area contributed by atoms with Crippen LogP contribution in [-0.2, 0) is 14.4 Å². The van der Waals surface area contributed by atoms with E-state index in [0.717, 1.165) is 21.9 Å². The molecule has 0 unspecified atom stereocenters. The highest BCUT2D eigenvalue weighted by molar-refractivity contribution is 6.31. The summed E-state index contributed by atoms with van der Waals surface area (Å²) < 4.78 is 56.2. The molecule has 1 aromatic heterocycles. The molecule has 2 fully saturated rings. The maximum atomic E-state index is 14.6. The van der Waals surface area contributed by atoms with Gasteiger partial charge >= 0.3 is 0 Å². The summed E-state index contributed by atoms with van der Waals surface area (Å²) in [6, 6.07) is 9.61. The van der Waals surface area contributed by atoms with E-state index >= 15 is 0 Å². The van der Waals surface area contributed by atoms with Gasteiger partial charge in [-0.3, -0.25) is 24.2 Å². The van der Waals surface area contributed by atoms with E-state index in [0.29, 0.717) is 6.07 Å². The minimum atomic E-state index is -2.81. The molecular formula is C31H25ClF4N4O4. The van der Waals surface area contributed by atoms with Crippen LogP contribution in [0.1, 0.15) is 49.3 Å². The van der Waals surface area contributed by atoms with Crippen molar-refractivity contribution in [2.45, 2.75) is 56.2 Å². The third-order valence-electron chi connectivity index (χ3n) is 7.79. The maximum absolute atomic E-state index is 14.6. The molecule has 2 heterocycles. The van der Waals surface area contributed by atoms with E-state index in [-0.39, 0.29) is 53.3 Å². The molecule has 44 heavy (non-hydrogen) atoms. The Kier molecular flexibility index (Phi) is 8.72. The number of aliphatic hydroxyl groups excluding tert-OH is 1. The Morgan fingerprint density at radius 1 is 1.14 bits per heavy atom. The number of pyridine rings is 1. The van der Waals surface area contributed by atoms with Crippen molar-refractivity contribution in [3.63, 3.8) is 0 Å². The van der Waals surface area contributed by atoms with Crippen LogP contribution in [0, 0.1) is 28.9 Å². The normalized spacial score (nSPS) is 20.1. The number of rotatable bonds is 9. The van der Waals surface area contributed by atoms with Crippen LogP contribution < -0.4 is 9.80 Å². The monoisotopic (exact) mass is 628 g/mol. The maximum Gasteiger partial charge on any atom is 0.257 e. The summed E-state index contributed by atoms with van der Waals surface area (Å²) in [6.07, 6.45) is -1.87. The lowest BCUT2D eigenvalue weighted by molar-refractivity contribution is -0.129. The van der Waals surface area contributed by atoms with Gasteiger partial charge in [-0.25, -0.2) is 22.5 Å². The smallest absolute Gasteiger partial charge is 0.257 e. The second-order valence-electron chi connectivity index (χ2n) is 10.9. The SMILES string of the molecule is N#Cc1ccnc(N2C(=O)[C@H](O)C[C@H]2C(=O)N(c2cc(F)cc(F)c2)[C@H](C(=O)CCC2CC(F)(F)C2)c2ccccc2Cl)c1. The van der Waals surface area contributed by atoms with Crippen LogP contribution in [0.5, 0.6) is 0 Å². The van der Waals surface area contributed by atoms with Gasteiger partial charge in [0.2, 0.25) is 5.92 Å². The van der Waals surface area contributed by atoms with E-state index in [4.69, 9.17) is 11.6 Å². The van der Waals surface area contributed by atoms with Gasteiger partial charge in [0.25, 0.3) is 11.8 Å². The first kappa shape index (κ1) is 31.1. The molecule has 3 atom stereocenters. The van der Waals surface area contributed by atoms with Gasteiger partial charge < -0.3 is 5.11 Å². The van der Waals surface area contributed by atoms with Gasteiger partial charge in [0.1, 0.15) is 35.6 Å². The van der Waals surface area contributed by atoms with Gasteiger partial charge in [0.15, 0.2) is 5.78 Å². The number of carbonyl (C=O) groups is 3. The van der Waals surface area contributed by atoms with Crippen molar-refractivity contribution in [2.24, 2.45) is 5.92 Å². The number of aliphatic hydroxyl groups is 1. The number of benzene rings is 2. The van der Waals surface area contributed by atoms with Gasteiger partial charge in [0.05, 0.1) is 17.3 Å². The molecule has 228 valence electrons. The van der Waals surface area contributed by atoms with Crippen LogP contribution in [0.25, 0.3) is 0 Å². The molecule has 2 aliphatic rings. The third-order valence-corrected chi connectivity index (χ3v) is 8.13. The van der Waals surface area contributed by atoms with Gasteiger partial charge in [-0.15, -0.1) is 0 Å². The third kappa shape index (κ3) is 6.30. The van der Waals surface area contributed by atoms with Crippen molar-refractivity contribution in [1.29, 1.82) is 5.26 Å². The van der Waals surface area contributed by atoms with Crippen LogP contribution in [0.2, 0.25) is 5.02 Å². The standard InChI is InChI=1S/C31H25ClF4N4O4/c32-23-4-2-1-3-22(23)28(25(41)6-5-18-14-31(35,36)15-18)39(21-11-19(33)10-20(34)12-21)29(43)24-13-26(42)30(44)40(24)27-9-17(16-37)7-8-38-27/h1-4,7-12,18,24,26,28,42H,5-6,13-15H2/t24-,26+,28-/m0/s1. The van der Waals surface area contributed by atoms with Crippen molar-refractivity contribution >= 4 is 40.7 Å². The molecule has 1 aliphatic heterocycles. The van der Waals surface area contributed by atoms with E-state index in [1.54, 1.807) is 6.07 Å². The first-order valence-electron chi connectivity index (χ1n) is 13.7. The molecule has 1 N–H and O–H groups in total. The summed E-state index contributed by atoms with van der Waals surface area (Å²) in [5.74, 6) is -8.08. The van der Waals surface area contributed by atoms with E-state index < -0.39 is 65.7 Å². The summed E-state index contributed by atoms with van der Waals surface area (Å²) >= 11 is 6.48. The fraction of sp³-hybridized carbons (Fsp3) is 0.323. The van der Waals surface area contributed by atoms with Crippen molar-refractivity contribution in [1.82, 2.24) is 4.98 Å². The molecule has 0 spiro atoms. The fourth-order valence-electron chi connectivity index (χ4n) is 5.70. The minimum absolute atomic E-state index is 0.0403. The Hall–Kier alpha value is -4.34. The lowest BCUT2D eigenvalue weighted by atomic mass is 9.77. The molecule has 3 aromatic rings. The summed E-state index contributed by atoms with van der Waals surface area (Å²) in [5.41, 5.74) is -0.184. The second-order valence-corrected chi connectivity index (χ2v) is 11.3. The predicted octanol–water partition coefficient (Wildman–Crippen LogP) is 5.52. The number of aromatic nitrogens is 1. The number of anilines is 2. The van der Waals surface area contributed by atoms with E-state index in [2.05, 4.69) is 4.98 Å². The average molecular weight is 629 g/mol. The molecule has 8 nitrogen and oxygen atoms in total. The molecule has 5 rings (SSSR count). The number of amides is 2. The van der Waals surface area contributed by atoms with Crippen LogP contribution in [0.3, 0.4) is 0 Å². The summed E-state index contributed by atoms with van der Waals surface area (Å²) in [4.78, 5) is 47.3. The van der Waals surface area contributed by atoms with Gasteiger partial charge in [0, 0.05) is 48.5 Å². The minimum Gasteiger partial charge on any atom is -0.383 e. The zero-order valence-electron chi connectivity index (χ0n) is 23.0. The highest BCUT2D eigenvalue weighted by Crippen LogP contribution is 2.45. The first-order chi connectivity index (χ1) is 20.9. The molecular weight excluding hydrogens is 604 g/mol. The topological polar surface area (TPSA) is 115 Å². The quantitative estimate of drug-likeness (QED) is 0.312. The predicted molar refractivity (Wildman–Crippen MR) is 151 cm³/mol. The van der Waals surface area contributed by atoms with E-state index in [1.807, 2.05) is 6.07 Å². The van der Waals surface area contributed by atoms with Crippen LogP contribution >= 0.6 is 11.6 Å². The average Bonchev–Trinajstić information content (AvgIpc) is 3.26. The van der Waals surface area contributed by atoms with Crippen LogP contribution in [-0.4, -0.2) is 45.8 Å². The Bertz CT molecular complexity index is 1640. The number of hydrogen-bond donors (Lipinski definition) is 1. The largest absolute Gasteiger partial charge is 0.383 e. The van der Waals surface area contributed by atoms with Gasteiger partial charge in [-0.05, 0) is 42.7 Å². The number of carbonyl (C=O) groups excluding carboxylic acids is 3. The number of hydrogen-bond acceptors (Lipinski definition) is 6. The number of Topliss-reactive ketones (excluding diaryl/α,β-unsaturated/α-hetero) is 1. The molecule has 2 aromatic carbocycles. The second kappa shape index (κ2) is 12.3. The highest BCUT2D eigenvalue weighted by Gasteiger charge is 2.49. The van der Waals surface area contributed by atoms with Gasteiger partial charge in [-0.1, -0.05) is 29.8 Å². The molecule has 13 heteroatoms. The van der Waals surface area contributed by atoms with E-state index in [9.17, 15) is 42.3 Å². The molecule has 0 bridgehead atoms. The summed E-state index contributed by atoms with van der Waals surface area (Å²) in [6.45, 7) is 0. The lowest BCUT2D eigenvalue weighted by Crippen LogP contribution is -2.50. The number of nitrogens with zero attached hydrogens (tertiary/aromatic N) is 4. The summed E-state index contributed by atoms with van der Waals surface area (Å²) in [7, 11) is 0. The molecule has 2 amide bonds. The Balaban J connectivity index is 1.61. The number of alkyl halides is 2. The molecule has 1 saturated heterocycles. The molecule has 1 aliphatic carbocycles. The van der Waals surface area contributed by atoms with E-state index in [1.165, 1.54) is 36.5 Å². The first-order valence-corrected chi connectivity index (χ1v) is 14.1. The fourth-order valence-corrected chi connectivity index (χ4v) is 5.94. The molecule has 0 radical (unpaired) electrons. The van der Waals surface area contributed by atoms with Crippen molar-refractivity contribution in [3.05, 3.63) is 88.6 Å². The molecule has 1 saturated carbocycles. The van der Waals surface area contributed by atoms with Crippen LogP contribution in [0.15, 0.2) is 60.8 Å². The number of halogens is 5. The number of nitriles is 1. The Morgan fingerprint density at radius 3 is 2.45 bits per heavy atom. The lowest BCUT2D eigenvalue weighted by Gasteiger charge is -2.37. The zero-order chi connectivity index (χ0) is 31.8. The van der Waals surface area contributed by atoms with Crippen molar-refractivity contribution < 1.29 is 37.1 Å². The zero-order valence-corrected chi connectivity index (χ0v) is 23.7. The Labute approximate surface area is 254 Å². The highest BCUT2D eigenvalue weighted by atomic mass is 35.5.